The molecule has 0 aromatic heterocycles. The van der Waals surface area contributed by atoms with E-state index in [1.54, 1.807) is 13.0 Å². The molecule has 2 aliphatic heterocycles. The standard InChI is InChI=1S/C30H44O10/c1-16-23(33)24(34)25(37-3)26(39-16)40-18-4-9-28(15-31)20-5-8-27(2)19(17-12-22(32)38-14-17)7-11-30(27,36)21(20)6-10-29(28,35)13-18/h12,15-16,18-21,23-26,33-36H,4-11,13-14H2,1-3H3/t16-,18+,19-,20+,21-,23-,24-,25-,26+,27-,28+,29+,30+/m1/s1. The number of methoxy groups -OCH3 is 1. The summed E-state index contributed by atoms with van der Waals surface area (Å²) in [5.74, 6) is -0.552. The molecule has 10 nitrogen and oxygen atoms in total. The van der Waals surface area contributed by atoms with E-state index in [-0.39, 0.29) is 36.8 Å². The van der Waals surface area contributed by atoms with Crippen molar-refractivity contribution in [1.82, 2.24) is 0 Å². The Morgan fingerprint density at radius 2 is 1.77 bits per heavy atom. The van der Waals surface area contributed by atoms with Crippen LogP contribution in [0.15, 0.2) is 11.6 Å². The van der Waals surface area contributed by atoms with Crippen molar-refractivity contribution in [1.29, 1.82) is 0 Å². The Morgan fingerprint density at radius 1 is 1.02 bits per heavy atom. The van der Waals surface area contributed by atoms with Crippen LogP contribution in [0, 0.1) is 28.6 Å². The number of ether oxygens (including phenoxy) is 4. The first-order valence-electron chi connectivity index (χ1n) is 14.9. The van der Waals surface area contributed by atoms with Crippen molar-refractivity contribution in [2.75, 3.05) is 13.7 Å². The topological polar surface area (TPSA) is 152 Å². The first kappa shape index (κ1) is 28.7. The fourth-order valence-electron chi connectivity index (χ4n) is 9.99. The molecule has 5 fully saturated rings. The number of carbonyl (C=O) groups excluding carboxylic acids is 2. The van der Waals surface area contributed by atoms with Crippen molar-refractivity contribution in [3.05, 3.63) is 11.6 Å². The Balaban J connectivity index is 1.22. The largest absolute Gasteiger partial charge is 0.458 e. The summed E-state index contributed by atoms with van der Waals surface area (Å²) in [6, 6.07) is 0. The van der Waals surface area contributed by atoms with Gasteiger partial charge in [0.15, 0.2) is 6.29 Å². The zero-order valence-electron chi connectivity index (χ0n) is 23.7. The number of hydrogen-bond donors (Lipinski definition) is 4. The number of fused-ring (bicyclic) bond motifs is 5. The van der Waals surface area contributed by atoms with Crippen LogP contribution in [-0.2, 0) is 28.5 Å². The van der Waals surface area contributed by atoms with Crippen LogP contribution in [0.25, 0.3) is 0 Å². The highest BCUT2D eigenvalue weighted by Gasteiger charge is 2.71. The second-order valence-corrected chi connectivity index (χ2v) is 13.6. The fraction of sp³-hybridized carbons (Fsp3) is 0.867. The predicted molar refractivity (Wildman–Crippen MR) is 140 cm³/mol. The zero-order chi connectivity index (χ0) is 28.7. The molecule has 6 rings (SSSR count). The Hall–Kier alpha value is -1.40. The van der Waals surface area contributed by atoms with Gasteiger partial charge in [0, 0.05) is 25.0 Å². The molecule has 2 heterocycles. The van der Waals surface area contributed by atoms with E-state index in [1.165, 1.54) is 7.11 Å². The van der Waals surface area contributed by atoms with Gasteiger partial charge < -0.3 is 44.2 Å². The van der Waals surface area contributed by atoms with Crippen molar-refractivity contribution < 1.29 is 49.0 Å². The molecule has 1 saturated heterocycles. The molecular formula is C30H44O10. The third-order valence-electron chi connectivity index (χ3n) is 12.2. The molecule has 0 bridgehead atoms. The average Bonchev–Trinajstić information content (AvgIpc) is 3.46. The van der Waals surface area contributed by atoms with Gasteiger partial charge in [-0.25, -0.2) is 4.79 Å². The van der Waals surface area contributed by atoms with Gasteiger partial charge in [-0.15, -0.1) is 0 Å². The van der Waals surface area contributed by atoms with Gasteiger partial charge in [0.2, 0.25) is 0 Å². The summed E-state index contributed by atoms with van der Waals surface area (Å²) in [6.07, 6.45) is 2.33. The number of carbonyl (C=O) groups is 2. The van der Waals surface area contributed by atoms with E-state index < -0.39 is 58.8 Å². The van der Waals surface area contributed by atoms with Crippen LogP contribution in [0.4, 0.5) is 0 Å². The van der Waals surface area contributed by atoms with E-state index in [0.717, 1.165) is 18.3 Å². The molecule has 4 N–H and O–H groups in total. The summed E-state index contributed by atoms with van der Waals surface area (Å²) in [6.45, 7) is 4.07. The number of esters is 1. The van der Waals surface area contributed by atoms with Gasteiger partial charge in [0.1, 0.15) is 31.2 Å². The van der Waals surface area contributed by atoms with Crippen LogP contribution < -0.4 is 0 Å². The summed E-state index contributed by atoms with van der Waals surface area (Å²) in [7, 11) is 1.42. The van der Waals surface area contributed by atoms with Gasteiger partial charge in [-0.05, 0) is 81.6 Å². The number of aliphatic hydroxyl groups is 4. The van der Waals surface area contributed by atoms with E-state index in [0.29, 0.717) is 44.9 Å². The lowest BCUT2D eigenvalue weighted by molar-refractivity contribution is -0.320. The third-order valence-corrected chi connectivity index (χ3v) is 12.2. The quantitative estimate of drug-likeness (QED) is 0.219. The molecule has 40 heavy (non-hydrogen) atoms. The fourth-order valence-corrected chi connectivity index (χ4v) is 9.99. The van der Waals surface area contributed by atoms with E-state index in [9.17, 15) is 30.0 Å². The SMILES string of the molecule is CO[C@H]1[C@H](O[C@H]2CC[C@]3(C=O)[C@H]4CC[C@]5(C)[C@@H](C6=CC(=O)OC6)CC[C@]5(O)[C@@H]4CC[C@]3(O)C2)O[C@H](C)[C@@H](O)[C@H]1O. The maximum absolute atomic E-state index is 13.0. The second kappa shape index (κ2) is 9.82. The number of hydrogen-bond acceptors (Lipinski definition) is 10. The van der Waals surface area contributed by atoms with Crippen LogP contribution in [0.1, 0.15) is 71.6 Å². The lowest BCUT2D eigenvalue weighted by Gasteiger charge is -2.65. The van der Waals surface area contributed by atoms with Crippen molar-refractivity contribution >= 4 is 12.3 Å². The van der Waals surface area contributed by atoms with Gasteiger partial charge >= 0.3 is 5.97 Å². The van der Waals surface area contributed by atoms with E-state index in [2.05, 4.69) is 6.92 Å². The summed E-state index contributed by atoms with van der Waals surface area (Å²) in [4.78, 5) is 24.8. The minimum absolute atomic E-state index is 0.0579. The van der Waals surface area contributed by atoms with Crippen molar-refractivity contribution in [3.63, 3.8) is 0 Å². The molecular weight excluding hydrogens is 520 g/mol. The van der Waals surface area contributed by atoms with Crippen LogP contribution in [0.2, 0.25) is 0 Å². The number of aliphatic hydroxyl groups excluding tert-OH is 2. The van der Waals surface area contributed by atoms with Gasteiger partial charge in [-0.3, -0.25) is 0 Å². The smallest absolute Gasteiger partial charge is 0.331 e. The Labute approximate surface area is 235 Å². The minimum atomic E-state index is -1.30. The number of rotatable bonds is 5. The second-order valence-electron chi connectivity index (χ2n) is 13.6. The summed E-state index contributed by atoms with van der Waals surface area (Å²) in [5.41, 5.74) is -2.75. The molecule has 0 aromatic carbocycles. The Bertz CT molecular complexity index is 1060. The highest BCUT2D eigenvalue weighted by atomic mass is 16.7. The van der Waals surface area contributed by atoms with E-state index in [1.807, 2.05) is 0 Å². The molecule has 4 aliphatic carbocycles. The molecule has 0 unspecified atom stereocenters. The van der Waals surface area contributed by atoms with Gasteiger partial charge in [0.05, 0.1) is 28.8 Å². The monoisotopic (exact) mass is 564 g/mol. The van der Waals surface area contributed by atoms with Crippen LogP contribution >= 0.6 is 0 Å². The lowest BCUT2D eigenvalue weighted by Crippen LogP contribution is -2.69. The average molecular weight is 565 g/mol. The van der Waals surface area contributed by atoms with Crippen LogP contribution in [-0.4, -0.2) is 94.4 Å². The normalized spacial score (nSPS) is 54.1. The lowest BCUT2D eigenvalue weighted by atomic mass is 9.41. The van der Waals surface area contributed by atoms with Crippen molar-refractivity contribution in [2.24, 2.45) is 28.6 Å². The molecule has 0 spiro atoms. The zero-order valence-corrected chi connectivity index (χ0v) is 23.7. The van der Waals surface area contributed by atoms with Crippen LogP contribution in [0.5, 0.6) is 0 Å². The number of cyclic esters (lactones) is 1. The molecule has 0 amide bonds. The van der Waals surface area contributed by atoms with Gasteiger partial charge in [-0.1, -0.05) is 6.92 Å². The molecule has 224 valence electrons. The van der Waals surface area contributed by atoms with Crippen molar-refractivity contribution in [2.45, 2.75) is 120 Å². The Kier molecular flexibility index (Phi) is 7.05. The first-order valence-corrected chi connectivity index (χ1v) is 14.9. The Morgan fingerprint density at radius 3 is 2.45 bits per heavy atom. The molecule has 0 aromatic rings. The maximum Gasteiger partial charge on any atom is 0.331 e. The molecule has 4 saturated carbocycles. The van der Waals surface area contributed by atoms with Crippen molar-refractivity contribution in [3.8, 4) is 0 Å². The molecule has 0 radical (unpaired) electrons. The highest BCUT2D eigenvalue weighted by Crippen LogP contribution is 2.70. The number of aldehydes is 1. The maximum atomic E-state index is 13.0. The summed E-state index contributed by atoms with van der Waals surface area (Å²) in [5, 5.41) is 45.3. The van der Waals surface area contributed by atoms with E-state index >= 15 is 0 Å². The first-order chi connectivity index (χ1) is 18.9. The van der Waals surface area contributed by atoms with Gasteiger partial charge in [-0.2, -0.15) is 0 Å². The highest BCUT2D eigenvalue weighted by molar-refractivity contribution is 5.85. The van der Waals surface area contributed by atoms with Crippen LogP contribution in [0.3, 0.4) is 0 Å². The molecule has 6 aliphatic rings. The molecule has 13 atom stereocenters. The van der Waals surface area contributed by atoms with Gasteiger partial charge in [0.25, 0.3) is 0 Å². The summed E-state index contributed by atoms with van der Waals surface area (Å²) < 4.78 is 22.7. The van der Waals surface area contributed by atoms with E-state index in [4.69, 9.17) is 18.9 Å². The predicted octanol–water partition coefficient (Wildman–Crippen LogP) is 1.40. The minimum Gasteiger partial charge on any atom is -0.458 e. The summed E-state index contributed by atoms with van der Waals surface area (Å²) >= 11 is 0. The third kappa shape index (κ3) is 3.86. The molecule has 10 heteroatoms.